The molecule has 0 amide bonds. The van der Waals surface area contributed by atoms with E-state index >= 15 is 0 Å². The molecule has 0 radical (unpaired) electrons. The highest BCUT2D eigenvalue weighted by atomic mass is 16.6. The van der Waals surface area contributed by atoms with E-state index in [1.165, 1.54) is 6.20 Å². The van der Waals surface area contributed by atoms with Gasteiger partial charge >= 0.3 is 5.69 Å². The van der Waals surface area contributed by atoms with Crippen LogP contribution in [0.2, 0.25) is 0 Å². The first kappa shape index (κ1) is 14.4. The van der Waals surface area contributed by atoms with Crippen LogP contribution in [0.5, 0.6) is 0 Å². The molecule has 0 bridgehead atoms. The summed E-state index contributed by atoms with van der Waals surface area (Å²) >= 11 is 0. The van der Waals surface area contributed by atoms with Crippen LogP contribution in [0.1, 0.15) is 19.8 Å². The van der Waals surface area contributed by atoms with E-state index in [2.05, 4.69) is 15.3 Å². The van der Waals surface area contributed by atoms with Gasteiger partial charge in [0, 0.05) is 26.2 Å². The molecule has 1 aliphatic heterocycles. The van der Waals surface area contributed by atoms with Crippen molar-refractivity contribution in [2.24, 2.45) is 5.92 Å². The minimum absolute atomic E-state index is 0.0924. The molecule has 1 aromatic heterocycles. The Labute approximate surface area is 117 Å². The average molecular weight is 281 g/mol. The van der Waals surface area contributed by atoms with Crippen molar-refractivity contribution in [1.29, 1.82) is 0 Å². The lowest BCUT2D eigenvalue weighted by Gasteiger charge is -2.32. The van der Waals surface area contributed by atoms with Crippen LogP contribution in [0.15, 0.2) is 6.20 Å². The lowest BCUT2D eigenvalue weighted by molar-refractivity contribution is -0.384. The van der Waals surface area contributed by atoms with Crippen molar-refractivity contribution in [3.8, 4) is 0 Å². The van der Waals surface area contributed by atoms with Crippen LogP contribution in [-0.4, -0.2) is 46.2 Å². The lowest BCUT2D eigenvalue weighted by atomic mass is 9.99. The van der Waals surface area contributed by atoms with E-state index < -0.39 is 4.92 Å². The molecule has 0 aromatic carbocycles. The zero-order valence-corrected chi connectivity index (χ0v) is 11.4. The number of aromatic nitrogens is 2. The Morgan fingerprint density at radius 1 is 1.65 bits per heavy atom. The van der Waals surface area contributed by atoms with E-state index in [9.17, 15) is 15.2 Å². The number of nitrogens with zero attached hydrogens (tertiary/aromatic N) is 4. The number of piperidine rings is 1. The van der Waals surface area contributed by atoms with Crippen LogP contribution in [0, 0.1) is 16.0 Å². The van der Waals surface area contributed by atoms with Crippen LogP contribution in [0.4, 0.5) is 17.5 Å². The third kappa shape index (κ3) is 3.13. The number of rotatable bonds is 5. The van der Waals surface area contributed by atoms with Crippen molar-refractivity contribution in [2.45, 2.75) is 19.8 Å². The summed E-state index contributed by atoms with van der Waals surface area (Å²) in [5, 5.41) is 23.3. The Kier molecular flexibility index (Phi) is 4.67. The molecule has 8 nitrogen and oxygen atoms in total. The van der Waals surface area contributed by atoms with E-state index in [1.54, 1.807) is 0 Å². The monoisotopic (exact) mass is 281 g/mol. The minimum Gasteiger partial charge on any atom is -0.396 e. The number of nitro groups is 1. The average Bonchev–Trinajstić information content (AvgIpc) is 2.47. The van der Waals surface area contributed by atoms with Crippen LogP contribution in [-0.2, 0) is 0 Å². The fraction of sp³-hybridized carbons (Fsp3) is 0.667. The van der Waals surface area contributed by atoms with E-state index in [4.69, 9.17) is 0 Å². The molecule has 2 heterocycles. The Morgan fingerprint density at radius 2 is 2.45 bits per heavy atom. The minimum atomic E-state index is -0.465. The Balaban J connectivity index is 2.31. The first-order valence-corrected chi connectivity index (χ1v) is 6.76. The van der Waals surface area contributed by atoms with Gasteiger partial charge in [-0.3, -0.25) is 10.1 Å². The van der Waals surface area contributed by atoms with Gasteiger partial charge in [-0.05, 0) is 25.7 Å². The molecule has 0 saturated carbocycles. The summed E-state index contributed by atoms with van der Waals surface area (Å²) in [6, 6.07) is 0. The van der Waals surface area contributed by atoms with Crippen LogP contribution >= 0.6 is 0 Å². The number of nitrogens with one attached hydrogen (secondary N) is 1. The maximum absolute atomic E-state index is 11.1. The molecule has 1 unspecified atom stereocenters. The molecule has 0 spiro atoms. The molecule has 20 heavy (non-hydrogen) atoms. The van der Waals surface area contributed by atoms with Gasteiger partial charge in [-0.2, -0.15) is 4.98 Å². The zero-order chi connectivity index (χ0) is 14.5. The largest absolute Gasteiger partial charge is 0.396 e. The standard InChI is InChI=1S/C12H19N5O3/c1-2-13-12-14-6-10(17(19)20)11(15-12)16-5-3-4-9(7-16)8-18/h6,9,18H,2-5,7-8H2,1H3,(H,13,14,15). The van der Waals surface area contributed by atoms with Gasteiger partial charge in [0.1, 0.15) is 6.20 Å². The predicted molar refractivity (Wildman–Crippen MR) is 74.9 cm³/mol. The third-order valence-corrected chi connectivity index (χ3v) is 3.36. The molecule has 8 heteroatoms. The molecule has 1 atom stereocenters. The van der Waals surface area contributed by atoms with Crippen molar-refractivity contribution in [1.82, 2.24) is 9.97 Å². The highest BCUT2D eigenvalue weighted by Crippen LogP contribution is 2.29. The molecular formula is C12H19N5O3. The second-order valence-corrected chi connectivity index (χ2v) is 4.83. The lowest BCUT2D eigenvalue weighted by Crippen LogP contribution is -2.37. The van der Waals surface area contributed by atoms with Crippen molar-refractivity contribution >= 4 is 17.5 Å². The fourth-order valence-corrected chi connectivity index (χ4v) is 2.38. The van der Waals surface area contributed by atoms with Gasteiger partial charge in [-0.25, -0.2) is 4.98 Å². The number of hydrogen-bond donors (Lipinski definition) is 2. The maximum Gasteiger partial charge on any atom is 0.329 e. The van der Waals surface area contributed by atoms with Gasteiger partial charge in [-0.1, -0.05) is 0 Å². The maximum atomic E-state index is 11.1. The summed E-state index contributed by atoms with van der Waals surface area (Å²) in [6.07, 6.45) is 3.07. The molecule has 1 saturated heterocycles. The first-order chi connectivity index (χ1) is 9.65. The Bertz CT molecular complexity index is 482. The second-order valence-electron chi connectivity index (χ2n) is 4.83. The van der Waals surface area contributed by atoms with Crippen LogP contribution in [0.25, 0.3) is 0 Å². The highest BCUT2D eigenvalue weighted by molar-refractivity contribution is 5.59. The predicted octanol–water partition coefficient (Wildman–Crippen LogP) is 1.03. The smallest absolute Gasteiger partial charge is 0.329 e. The molecule has 1 fully saturated rings. The summed E-state index contributed by atoms with van der Waals surface area (Å²) in [5.74, 6) is 0.860. The number of anilines is 2. The van der Waals surface area contributed by atoms with Crippen molar-refractivity contribution in [2.75, 3.05) is 36.5 Å². The van der Waals surface area contributed by atoms with Crippen molar-refractivity contribution in [3.05, 3.63) is 16.3 Å². The summed E-state index contributed by atoms with van der Waals surface area (Å²) < 4.78 is 0. The van der Waals surface area contributed by atoms with Gasteiger partial charge in [-0.15, -0.1) is 0 Å². The summed E-state index contributed by atoms with van der Waals surface area (Å²) in [4.78, 5) is 20.7. The van der Waals surface area contributed by atoms with Gasteiger partial charge in [0.05, 0.1) is 4.92 Å². The Hall–Kier alpha value is -1.96. The summed E-state index contributed by atoms with van der Waals surface area (Å²) in [7, 11) is 0. The molecular weight excluding hydrogens is 262 g/mol. The molecule has 2 N–H and O–H groups in total. The highest BCUT2D eigenvalue weighted by Gasteiger charge is 2.27. The number of aliphatic hydroxyl groups excluding tert-OH is 1. The van der Waals surface area contributed by atoms with E-state index in [0.29, 0.717) is 31.4 Å². The first-order valence-electron chi connectivity index (χ1n) is 6.76. The van der Waals surface area contributed by atoms with E-state index in [1.807, 2.05) is 11.8 Å². The molecule has 0 aliphatic carbocycles. The summed E-state index contributed by atoms with van der Waals surface area (Å²) in [6.45, 7) is 3.94. The van der Waals surface area contributed by atoms with Gasteiger partial charge in [0.2, 0.25) is 11.8 Å². The van der Waals surface area contributed by atoms with Crippen molar-refractivity contribution < 1.29 is 10.0 Å². The molecule has 2 rings (SSSR count). The van der Waals surface area contributed by atoms with E-state index in [-0.39, 0.29) is 18.2 Å². The van der Waals surface area contributed by atoms with Gasteiger partial charge < -0.3 is 15.3 Å². The Morgan fingerprint density at radius 3 is 3.10 bits per heavy atom. The normalized spacial score (nSPS) is 18.9. The molecule has 1 aromatic rings. The topological polar surface area (TPSA) is 104 Å². The fourth-order valence-electron chi connectivity index (χ4n) is 2.38. The zero-order valence-electron chi connectivity index (χ0n) is 11.4. The SMILES string of the molecule is CCNc1ncc([N+](=O)[O-])c(N2CCCC(CO)C2)n1. The molecule has 110 valence electrons. The van der Waals surface area contributed by atoms with Crippen LogP contribution < -0.4 is 10.2 Å². The summed E-state index contributed by atoms with van der Waals surface area (Å²) in [5.41, 5.74) is -0.0924. The second kappa shape index (κ2) is 6.47. The van der Waals surface area contributed by atoms with Gasteiger partial charge in [0.25, 0.3) is 0 Å². The number of aliphatic hydroxyl groups is 1. The van der Waals surface area contributed by atoms with Gasteiger partial charge in [0.15, 0.2) is 0 Å². The van der Waals surface area contributed by atoms with Crippen molar-refractivity contribution in [3.63, 3.8) is 0 Å². The van der Waals surface area contributed by atoms with E-state index in [0.717, 1.165) is 12.8 Å². The quantitative estimate of drug-likeness (QED) is 0.613. The third-order valence-electron chi connectivity index (χ3n) is 3.36. The molecule has 1 aliphatic rings. The van der Waals surface area contributed by atoms with Crippen LogP contribution in [0.3, 0.4) is 0 Å². The number of hydrogen-bond acceptors (Lipinski definition) is 7.